The fraction of sp³-hybridized carbons (Fsp3) is 0.316. The van der Waals surface area contributed by atoms with Crippen molar-refractivity contribution in [3.63, 3.8) is 0 Å². The molecule has 3 heteroatoms. The molecule has 0 aromatic heterocycles. The maximum atomic E-state index is 10.5. The number of nitrogens with zero attached hydrogens (tertiary/aromatic N) is 1. The number of benzene rings is 2. The van der Waals surface area contributed by atoms with E-state index in [4.69, 9.17) is 0 Å². The molecule has 0 fully saturated rings. The number of phenols is 1. The van der Waals surface area contributed by atoms with Crippen LogP contribution in [-0.2, 0) is 27.8 Å². The van der Waals surface area contributed by atoms with Crippen molar-refractivity contribution in [2.45, 2.75) is 40.0 Å². The first-order valence-electron chi connectivity index (χ1n) is 7.22. The molecule has 0 aliphatic rings. The van der Waals surface area contributed by atoms with E-state index < -0.39 is 0 Å². The molecule has 0 aliphatic carbocycles. The third-order valence-electron chi connectivity index (χ3n) is 3.47. The molecule has 0 spiro atoms. The number of aliphatic imine (C=N–C) groups is 1. The summed E-state index contributed by atoms with van der Waals surface area (Å²) in [5.74, 6) is 0.275. The number of hydrogen-bond donors (Lipinski definition) is 1. The summed E-state index contributed by atoms with van der Waals surface area (Å²) in [5, 5.41) is 10.5. The van der Waals surface area contributed by atoms with E-state index in [0.29, 0.717) is 5.69 Å². The summed E-state index contributed by atoms with van der Waals surface area (Å²) in [6.07, 6.45) is 1.79. The minimum atomic E-state index is -0.107. The number of hydrogen-bond acceptors (Lipinski definition) is 2. The van der Waals surface area contributed by atoms with Gasteiger partial charge in [0, 0.05) is 34.2 Å². The van der Waals surface area contributed by atoms with E-state index in [0.717, 1.165) is 16.7 Å². The van der Waals surface area contributed by atoms with Crippen LogP contribution in [0.1, 0.15) is 43.0 Å². The smallest absolute Gasteiger partial charge is 0.144 e. The van der Waals surface area contributed by atoms with Crippen LogP contribution in [-0.4, -0.2) is 11.3 Å². The number of aryl methyl sites for hydroxylation is 2. The molecule has 1 N–H and O–H groups in total. The molecule has 0 amide bonds. The molecule has 2 aromatic rings. The van der Waals surface area contributed by atoms with Gasteiger partial charge in [-0.05, 0) is 36.5 Å². The molecule has 121 valence electrons. The van der Waals surface area contributed by atoms with Crippen LogP contribution in [0.4, 0.5) is 5.69 Å². The van der Waals surface area contributed by atoms with Crippen LogP contribution >= 0.6 is 0 Å². The van der Waals surface area contributed by atoms with Gasteiger partial charge in [0.15, 0.2) is 0 Å². The zero-order valence-corrected chi connectivity index (χ0v) is 15.2. The van der Waals surface area contributed by atoms with Crippen LogP contribution in [0.2, 0.25) is 0 Å². The van der Waals surface area contributed by atoms with Crippen molar-refractivity contribution in [2.75, 3.05) is 0 Å². The van der Waals surface area contributed by atoms with Gasteiger partial charge in [0.1, 0.15) is 11.4 Å². The van der Waals surface area contributed by atoms with E-state index in [2.05, 4.69) is 44.8 Å². The summed E-state index contributed by atoms with van der Waals surface area (Å²) in [6.45, 7) is 10.4. The van der Waals surface area contributed by atoms with Crippen LogP contribution in [0.15, 0.2) is 41.4 Å². The van der Waals surface area contributed by atoms with Crippen LogP contribution < -0.4 is 0 Å². The molecular formula is C19H23AgNO. The minimum absolute atomic E-state index is 0. The zero-order valence-electron chi connectivity index (χ0n) is 13.7. The molecule has 0 bridgehead atoms. The monoisotopic (exact) mass is 388 g/mol. The topological polar surface area (TPSA) is 32.6 Å². The molecular weight excluding hydrogens is 366 g/mol. The molecule has 0 heterocycles. The van der Waals surface area contributed by atoms with E-state index in [1.807, 2.05) is 31.2 Å². The Hall–Kier alpha value is -1.35. The Bertz CT molecular complexity index is 667. The first kappa shape index (κ1) is 18.7. The fourth-order valence-corrected chi connectivity index (χ4v) is 2.23. The van der Waals surface area contributed by atoms with Gasteiger partial charge in [-0.25, -0.2) is 0 Å². The van der Waals surface area contributed by atoms with E-state index in [-0.39, 0.29) is 33.5 Å². The third kappa shape index (κ3) is 4.57. The second-order valence-electron chi connectivity index (χ2n) is 6.60. The van der Waals surface area contributed by atoms with Crippen LogP contribution in [0.25, 0.3) is 0 Å². The number of aromatic hydroxyl groups is 1. The Morgan fingerprint density at radius 3 is 2.09 bits per heavy atom. The van der Waals surface area contributed by atoms with Crippen LogP contribution in [0, 0.1) is 13.8 Å². The molecule has 0 unspecified atom stereocenters. The van der Waals surface area contributed by atoms with E-state index in [1.54, 1.807) is 6.21 Å². The van der Waals surface area contributed by atoms with Gasteiger partial charge < -0.3 is 5.11 Å². The largest absolute Gasteiger partial charge is 0.505 e. The van der Waals surface area contributed by atoms with Gasteiger partial charge in [-0.3, -0.25) is 4.99 Å². The molecule has 2 nitrogen and oxygen atoms in total. The van der Waals surface area contributed by atoms with E-state index in [9.17, 15) is 5.11 Å². The first-order valence-corrected chi connectivity index (χ1v) is 7.22. The van der Waals surface area contributed by atoms with Crippen molar-refractivity contribution in [1.29, 1.82) is 0 Å². The van der Waals surface area contributed by atoms with Crippen molar-refractivity contribution in [3.05, 3.63) is 58.7 Å². The summed E-state index contributed by atoms with van der Waals surface area (Å²) in [4.78, 5) is 4.47. The Kier molecular flexibility index (Phi) is 6.18. The van der Waals surface area contributed by atoms with Crippen molar-refractivity contribution in [2.24, 2.45) is 4.99 Å². The SMILES string of the molecule is Cc1ccc(C=Nc2cc(C)cc(C(C)(C)C)c2O)cc1.[Ag]. The summed E-state index contributed by atoms with van der Waals surface area (Å²) >= 11 is 0. The second kappa shape index (κ2) is 7.28. The van der Waals surface area contributed by atoms with Crippen molar-refractivity contribution in [1.82, 2.24) is 0 Å². The molecule has 2 rings (SSSR count). The predicted molar refractivity (Wildman–Crippen MR) is 90.0 cm³/mol. The van der Waals surface area contributed by atoms with Crippen molar-refractivity contribution in [3.8, 4) is 5.75 Å². The summed E-state index contributed by atoms with van der Waals surface area (Å²) in [6, 6.07) is 12.1. The molecule has 0 atom stereocenters. The van der Waals surface area contributed by atoms with Crippen molar-refractivity contribution < 1.29 is 27.5 Å². The van der Waals surface area contributed by atoms with Gasteiger partial charge >= 0.3 is 0 Å². The fourth-order valence-electron chi connectivity index (χ4n) is 2.23. The van der Waals surface area contributed by atoms with Gasteiger partial charge in [0.25, 0.3) is 0 Å². The molecule has 0 saturated heterocycles. The maximum Gasteiger partial charge on any atom is 0.144 e. The molecule has 1 radical (unpaired) electrons. The Morgan fingerprint density at radius 1 is 0.955 bits per heavy atom. The van der Waals surface area contributed by atoms with Gasteiger partial charge in [-0.15, -0.1) is 0 Å². The normalized spacial score (nSPS) is 11.5. The molecule has 2 aromatic carbocycles. The first-order chi connectivity index (χ1) is 9.77. The minimum Gasteiger partial charge on any atom is -0.505 e. The Balaban J connectivity index is 0.00000242. The van der Waals surface area contributed by atoms with Gasteiger partial charge in [-0.2, -0.15) is 0 Å². The van der Waals surface area contributed by atoms with Crippen molar-refractivity contribution >= 4 is 11.9 Å². The summed E-state index contributed by atoms with van der Waals surface area (Å²) in [5.41, 5.74) is 4.80. The standard InChI is InChI=1S/C19H23NO.Ag/c1-13-6-8-15(9-7-13)12-20-17-11-14(2)10-16(18(17)21)19(3,4)5;/h6-12,21H,1-5H3;. The second-order valence-corrected chi connectivity index (χ2v) is 6.60. The summed E-state index contributed by atoms with van der Waals surface area (Å²) < 4.78 is 0. The predicted octanol–water partition coefficient (Wildman–Crippen LogP) is 5.05. The number of rotatable bonds is 2. The molecule has 0 saturated carbocycles. The molecule has 0 aliphatic heterocycles. The quantitative estimate of drug-likeness (QED) is 0.566. The van der Waals surface area contributed by atoms with E-state index >= 15 is 0 Å². The van der Waals surface area contributed by atoms with Crippen LogP contribution in [0.5, 0.6) is 5.75 Å². The summed E-state index contributed by atoms with van der Waals surface area (Å²) in [7, 11) is 0. The maximum absolute atomic E-state index is 10.5. The van der Waals surface area contributed by atoms with E-state index in [1.165, 1.54) is 5.56 Å². The number of phenolic OH excluding ortho intramolecular Hbond substituents is 1. The average Bonchev–Trinajstić information content (AvgIpc) is 2.40. The molecule has 22 heavy (non-hydrogen) atoms. The average molecular weight is 389 g/mol. The van der Waals surface area contributed by atoms with Gasteiger partial charge in [0.05, 0.1) is 0 Å². The van der Waals surface area contributed by atoms with Crippen LogP contribution in [0.3, 0.4) is 0 Å². The zero-order chi connectivity index (χ0) is 15.6. The Labute approximate surface area is 148 Å². The van der Waals surface area contributed by atoms with Gasteiger partial charge in [-0.1, -0.05) is 56.7 Å². The third-order valence-corrected chi connectivity index (χ3v) is 3.47. The van der Waals surface area contributed by atoms with Gasteiger partial charge in [0.2, 0.25) is 0 Å². The Morgan fingerprint density at radius 2 is 1.55 bits per heavy atom.